The van der Waals surface area contributed by atoms with Crippen LogP contribution in [0.3, 0.4) is 0 Å². The van der Waals surface area contributed by atoms with Gasteiger partial charge in [0, 0.05) is 11.3 Å². The van der Waals surface area contributed by atoms with E-state index in [9.17, 15) is 4.79 Å². The Balaban J connectivity index is 1.99. The van der Waals surface area contributed by atoms with Crippen LogP contribution in [-0.4, -0.2) is 16.9 Å². The summed E-state index contributed by atoms with van der Waals surface area (Å²) in [6.07, 6.45) is 2.45. The lowest BCUT2D eigenvalue weighted by Crippen LogP contribution is -2.32. The van der Waals surface area contributed by atoms with Crippen molar-refractivity contribution in [3.8, 4) is 0 Å². The van der Waals surface area contributed by atoms with Gasteiger partial charge in [0.25, 0.3) is 0 Å². The zero-order chi connectivity index (χ0) is 10.1. The fourth-order valence-corrected chi connectivity index (χ4v) is 1.92. The summed E-state index contributed by atoms with van der Waals surface area (Å²) in [7, 11) is 0. The van der Waals surface area contributed by atoms with Gasteiger partial charge in [0.05, 0.1) is 11.7 Å². The van der Waals surface area contributed by atoms with Gasteiger partial charge < -0.3 is 11.1 Å². The second-order valence-electron chi connectivity index (χ2n) is 3.63. The van der Waals surface area contributed by atoms with E-state index in [4.69, 9.17) is 5.73 Å². The Morgan fingerprint density at radius 2 is 2.50 bits per heavy atom. The Hall–Kier alpha value is -0.940. The molecular formula is C9H13N3OS. The first kappa shape index (κ1) is 9.61. The topological polar surface area (TPSA) is 68.0 Å². The lowest BCUT2D eigenvalue weighted by molar-refractivity contribution is -0.117. The normalized spacial score (nSPS) is 17.9. The molecule has 0 aromatic carbocycles. The van der Waals surface area contributed by atoms with Gasteiger partial charge in [0.15, 0.2) is 5.13 Å². The average Bonchev–Trinajstić information content (AvgIpc) is 2.88. The van der Waals surface area contributed by atoms with Crippen molar-refractivity contribution in [2.45, 2.75) is 31.7 Å². The van der Waals surface area contributed by atoms with Crippen LogP contribution in [0.2, 0.25) is 0 Å². The zero-order valence-corrected chi connectivity index (χ0v) is 8.80. The number of nitrogens with zero attached hydrogens (tertiary/aromatic N) is 1. The number of amides is 1. The van der Waals surface area contributed by atoms with Gasteiger partial charge in [0.2, 0.25) is 5.91 Å². The number of hydrogen-bond acceptors (Lipinski definition) is 4. The fraction of sp³-hybridized carbons (Fsp3) is 0.556. The third-order valence-electron chi connectivity index (χ3n) is 2.16. The Morgan fingerprint density at radius 1 is 1.79 bits per heavy atom. The summed E-state index contributed by atoms with van der Waals surface area (Å²) in [6.45, 7) is 1.66. The van der Waals surface area contributed by atoms with Crippen molar-refractivity contribution in [2.24, 2.45) is 5.73 Å². The molecule has 0 bridgehead atoms. The molecule has 1 aromatic heterocycles. The molecule has 76 valence electrons. The van der Waals surface area contributed by atoms with E-state index in [2.05, 4.69) is 10.3 Å². The summed E-state index contributed by atoms with van der Waals surface area (Å²) < 4.78 is 0. The van der Waals surface area contributed by atoms with Gasteiger partial charge in [-0.2, -0.15) is 0 Å². The Labute approximate surface area is 86.5 Å². The molecule has 14 heavy (non-hydrogen) atoms. The number of nitrogens with two attached hydrogens (primary N) is 1. The van der Waals surface area contributed by atoms with Crippen LogP contribution in [0.1, 0.15) is 31.4 Å². The highest BCUT2D eigenvalue weighted by molar-refractivity contribution is 7.13. The van der Waals surface area contributed by atoms with E-state index in [-0.39, 0.29) is 5.91 Å². The van der Waals surface area contributed by atoms with Crippen LogP contribution in [-0.2, 0) is 4.79 Å². The summed E-state index contributed by atoms with van der Waals surface area (Å²) in [5.41, 5.74) is 6.53. The molecule has 0 saturated heterocycles. The molecule has 1 aromatic rings. The number of carbonyl (C=O) groups excluding carboxylic acids is 1. The van der Waals surface area contributed by atoms with Crippen molar-refractivity contribution in [3.05, 3.63) is 11.1 Å². The number of thiazole rings is 1. The van der Waals surface area contributed by atoms with Crippen molar-refractivity contribution in [1.29, 1.82) is 0 Å². The molecule has 2 rings (SSSR count). The zero-order valence-electron chi connectivity index (χ0n) is 7.99. The maximum absolute atomic E-state index is 11.2. The van der Waals surface area contributed by atoms with E-state index < -0.39 is 6.04 Å². The van der Waals surface area contributed by atoms with E-state index >= 15 is 0 Å². The molecule has 1 fully saturated rings. The van der Waals surface area contributed by atoms with Gasteiger partial charge in [-0.15, -0.1) is 11.3 Å². The maximum Gasteiger partial charge on any atom is 0.242 e. The molecule has 1 saturated carbocycles. The molecule has 1 heterocycles. The van der Waals surface area contributed by atoms with Crippen molar-refractivity contribution >= 4 is 22.4 Å². The van der Waals surface area contributed by atoms with Crippen molar-refractivity contribution in [1.82, 2.24) is 4.98 Å². The second-order valence-corrected chi connectivity index (χ2v) is 4.49. The number of hydrogen-bond donors (Lipinski definition) is 2. The summed E-state index contributed by atoms with van der Waals surface area (Å²) in [4.78, 5) is 15.6. The smallest absolute Gasteiger partial charge is 0.242 e. The summed E-state index contributed by atoms with van der Waals surface area (Å²) in [5.74, 6) is 0.453. The van der Waals surface area contributed by atoms with E-state index in [1.54, 1.807) is 6.92 Å². The minimum atomic E-state index is -0.483. The number of rotatable bonds is 3. The first-order valence-electron chi connectivity index (χ1n) is 4.68. The molecule has 0 spiro atoms. The van der Waals surface area contributed by atoms with Crippen LogP contribution >= 0.6 is 11.3 Å². The highest BCUT2D eigenvalue weighted by atomic mass is 32.1. The second kappa shape index (κ2) is 3.67. The van der Waals surface area contributed by atoms with Crippen molar-refractivity contribution in [3.63, 3.8) is 0 Å². The molecule has 1 atom stereocenters. The molecule has 1 aliphatic carbocycles. The molecule has 5 heteroatoms. The Kier molecular flexibility index (Phi) is 2.52. The summed E-state index contributed by atoms with van der Waals surface area (Å²) in [5, 5.41) is 5.36. The van der Waals surface area contributed by atoms with E-state index in [0.29, 0.717) is 11.0 Å². The Bertz CT molecular complexity index is 344. The summed E-state index contributed by atoms with van der Waals surface area (Å²) >= 11 is 1.46. The molecular weight excluding hydrogens is 198 g/mol. The largest absolute Gasteiger partial charge is 0.320 e. The van der Waals surface area contributed by atoms with Crippen LogP contribution in [0.15, 0.2) is 5.38 Å². The molecule has 1 unspecified atom stereocenters. The van der Waals surface area contributed by atoms with Gasteiger partial charge in [-0.1, -0.05) is 0 Å². The highest BCUT2D eigenvalue weighted by Crippen LogP contribution is 2.40. The van der Waals surface area contributed by atoms with Crippen molar-refractivity contribution < 1.29 is 4.79 Å². The van der Waals surface area contributed by atoms with Gasteiger partial charge >= 0.3 is 0 Å². The average molecular weight is 211 g/mol. The van der Waals surface area contributed by atoms with Gasteiger partial charge in [-0.3, -0.25) is 4.79 Å². The number of nitrogens with one attached hydrogen (secondary N) is 1. The standard InChI is InChI=1S/C9H13N3OS/c1-5(10)8(13)12-9-11-7(4-14-9)6-2-3-6/h4-6H,2-3,10H2,1H3,(H,11,12,13). The van der Waals surface area contributed by atoms with Crippen LogP contribution in [0, 0.1) is 0 Å². The van der Waals surface area contributed by atoms with E-state index in [0.717, 1.165) is 5.69 Å². The highest BCUT2D eigenvalue weighted by Gasteiger charge is 2.26. The first-order valence-corrected chi connectivity index (χ1v) is 5.56. The fourth-order valence-electron chi connectivity index (χ4n) is 1.13. The van der Waals surface area contributed by atoms with E-state index in [1.807, 2.05) is 5.38 Å². The van der Waals surface area contributed by atoms with Gasteiger partial charge in [0.1, 0.15) is 0 Å². The minimum Gasteiger partial charge on any atom is -0.320 e. The molecule has 3 N–H and O–H groups in total. The maximum atomic E-state index is 11.2. The molecule has 1 amide bonds. The predicted molar refractivity (Wildman–Crippen MR) is 56.4 cm³/mol. The lowest BCUT2D eigenvalue weighted by Gasteiger charge is -2.03. The molecule has 0 aliphatic heterocycles. The van der Waals surface area contributed by atoms with E-state index in [1.165, 1.54) is 24.2 Å². The summed E-state index contributed by atoms with van der Waals surface area (Å²) in [6, 6.07) is -0.483. The van der Waals surface area contributed by atoms with Crippen LogP contribution in [0.5, 0.6) is 0 Å². The number of anilines is 1. The SMILES string of the molecule is CC(N)C(=O)Nc1nc(C2CC2)cs1. The first-order chi connectivity index (χ1) is 6.66. The van der Waals surface area contributed by atoms with Crippen molar-refractivity contribution in [2.75, 3.05) is 5.32 Å². The molecule has 4 nitrogen and oxygen atoms in total. The third-order valence-corrected chi connectivity index (χ3v) is 2.94. The quantitative estimate of drug-likeness (QED) is 0.792. The van der Waals surface area contributed by atoms with Crippen LogP contribution in [0.4, 0.5) is 5.13 Å². The monoisotopic (exact) mass is 211 g/mol. The van der Waals surface area contributed by atoms with Gasteiger partial charge in [-0.05, 0) is 19.8 Å². The number of carbonyl (C=O) groups is 1. The van der Waals surface area contributed by atoms with Crippen LogP contribution < -0.4 is 11.1 Å². The third kappa shape index (κ3) is 2.10. The lowest BCUT2D eigenvalue weighted by atomic mass is 10.3. The molecule has 1 aliphatic rings. The van der Waals surface area contributed by atoms with Gasteiger partial charge in [-0.25, -0.2) is 4.98 Å². The minimum absolute atomic E-state index is 0.179. The number of aromatic nitrogens is 1. The Morgan fingerprint density at radius 3 is 3.07 bits per heavy atom. The molecule has 0 radical (unpaired) electrons. The predicted octanol–water partition coefficient (Wildman–Crippen LogP) is 1.31. The van der Waals surface area contributed by atoms with Crippen LogP contribution in [0.25, 0.3) is 0 Å².